The number of rotatable bonds is 6. The summed E-state index contributed by atoms with van der Waals surface area (Å²) in [5.74, 6) is 1.02. The van der Waals surface area contributed by atoms with Gasteiger partial charge in [-0.25, -0.2) is 0 Å². The highest BCUT2D eigenvalue weighted by atomic mass is 35.5. The number of nitrogens with one attached hydrogen (secondary N) is 2. The molecular formula is C19H18ClN3O3. The molecule has 6 nitrogen and oxygen atoms in total. The molecule has 26 heavy (non-hydrogen) atoms. The van der Waals surface area contributed by atoms with E-state index in [2.05, 4.69) is 15.5 Å². The maximum Gasteiger partial charge on any atom is 0.252 e. The lowest BCUT2D eigenvalue weighted by atomic mass is 10.0. The molecule has 0 bridgehead atoms. The summed E-state index contributed by atoms with van der Waals surface area (Å²) in [6, 6.07) is 12.6. The smallest absolute Gasteiger partial charge is 0.252 e. The Morgan fingerprint density at radius 1 is 1.12 bits per heavy atom. The molecule has 0 saturated carbocycles. The number of hydrogen-bond donors (Lipinski definition) is 2. The number of carbonyl (C=O) groups excluding carboxylic acids is 1. The molecule has 0 unspecified atom stereocenters. The summed E-state index contributed by atoms with van der Waals surface area (Å²) in [5.41, 5.74) is 2.59. The largest absolute Gasteiger partial charge is 0.497 e. The van der Waals surface area contributed by atoms with Crippen LogP contribution < -0.4 is 14.8 Å². The second-order valence-electron chi connectivity index (χ2n) is 5.51. The summed E-state index contributed by atoms with van der Waals surface area (Å²) >= 11 is 6.43. The molecule has 2 N–H and O–H groups in total. The van der Waals surface area contributed by atoms with Gasteiger partial charge >= 0.3 is 0 Å². The lowest BCUT2D eigenvalue weighted by Gasteiger charge is -2.13. The van der Waals surface area contributed by atoms with Crippen molar-refractivity contribution in [3.8, 4) is 22.8 Å². The Bertz CT molecular complexity index is 893. The number of H-pyrrole nitrogens is 1. The molecule has 134 valence electrons. The van der Waals surface area contributed by atoms with Crippen LogP contribution in [0, 0.1) is 0 Å². The predicted molar refractivity (Wildman–Crippen MR) is 99.7 cm³/mol. The van der Waals surface area contributed by atoms with E-state index < -0.39 is 0 Å². The summed E-state index contributed by atoms with van der Waals surface area (Å²) in [5, 5.41) is 10.0. The second-order valence-corrected chi connectivity index (χ2v) is 5.88. The monoisotopic (exact) mass is 371 g/mol. The molecule has 0 aliphatic heterocycles. The summed E-state index contributed by atoms with van der Waals surface area (Å²) in [7, 11) is 3.14. The lowest BCUT2D eigenvalue weighted by Crippen LogP contribution is -2.23. The topological polar surface area (TPSA) is 76.2 Å². The maximum atomic E-state index is 12.7. The summed E-state index contributed by atoms with van der Waals surface area (Å²) < 4.78 is 10.4. The van der Waals surface area contributed by atoms with Crippen molar-refractivity contribution < 1.29 is 14.3 Å². The van der Waals surface area contributed by atoms with Crippen molar-refractivity contribution in [2.45, 2.75) is 6.54 Å². The predicted octanol–water partition coefficient (Wildman–Crippen LogP) is 3.68. The first-order valence-electron chi connectivity index (χ1n) is 7.91. The first kappa shape index (κ1) is 17.8. The quantitative estimate of drug-likeness (QED) is 0.693. The van der Waals surface area contributed by atoms with Crippen LogP contribution in [0.3, 0.4) is 0 Å². The molecule has 3 rings (SSSR count). The Labute approximate surface area is 156 Å². The van der Waals surface area contributed by atoms with Gasteiger partial charge in [-0.3, -0.25) is 9.89 Å². The number of halogens is 1. The van der Waals surface area contributed by atoms with E-state index in [0.717, 1.165) is 11.3 Å². The van der Waals surface area contributed by atoms with Crippen molar-refractivity contribution in [1.29, 1.82) is 0 Å². The molecule has 1 amide bonds. The normalized spacial score (nSPS) is 10.4. The van der Waals surface area contributed by atoms with Crippen molar-refractivity contribution in [2.24, 2.45) is 0 Å². The van der Waals surface area contributed by atoms with E-state index in [1.807, 2.05) is 24.3 Å². The zero-order chi connectivity index (χ0) is 18.5. The van der Waals surface area contributed by atoms with E-state index in [1.165, 1.54) is 7.11 Å². The number of nitrogens with zero attached hydrogens (tertiary/aromatic N) is 1. The number of hydrogen-bond acceptors (Lipinski definition) is 4. The van der Waals surface area contributed by atoms with E-state index in [-0.39, 0.29) is 5.91 Å². The first-order valence-corrected chi connectivity index (χ1v) is 8.29. The van der Waals surface area contributed by atoms with Crippen LogP contribution in [0.15, 0.2) is 48.7 Å². The Kier molecular flexibility index (Phi) is 5.43. The van der Waals surface area contributed by atoms with Crippen LogP contribution in [0.1, 0.15) is 15.9 Å². The average Bonchev–Trinajstić information content (AvgIpc) is 3.20. The van der Waals surface area contributed by atoms with Crippen molar-refractivity contribution in [3.05, 3.63) is 64.8 Å². The van der Waals surface area contributed by atoms with Gasteiger partial charge in [-0.1, -0.05) is 23.7 Å². The Balaban J connectivity index is 1.85. The number of benzene rings is 2. The molecule has 3 aromatic rings. The summed E-state index contributed by atoms with van der Waals surface area (Å²) in [6.07, 6.45) is 1.60. The number of ether oxygens (including phenoxy) is 2. The minimum absolute atomic E-state index is 0.241. The van der Waals surface area contributed by atoms with Crippen LogP contribution in [0.25, 0.3) is 11.3 Å². The fourth-order valence-electron chi connectivity index (χ4n) is 2.58. The Morgan fingerprint density at radius 3 is 2.50 bits per heavy atom. The van der Waals surface area contributed by atoms with Gasteiger partial charge < -0.3 is 14.8 Å². The molecule has 7 heteroatoms. The number of carbonyl (C=O) groups is 1. The summed E-state index contributed by atoms with van der Waals surface area (Å²) in [6.45, 7) is 0.384. The van der Waals surface area contributed by atoms with E-state index in [9.17, 15) is 4.79 Å². The fourth-order valence-corrected chi connectivity index (χ4v) is 2.93. The molecular weight excluding hydrogens is 354 g/mol. The molecule has 2 aromatic carbocycles. The Hall–Kier alpha value is -2.99. The van der Waals surface area contributed by atoms with Gasteiger partial charge in [0.05, 0.1) is 30.5 Å². The third kappa shape index (κ3) is 3.65. The first-order chi connectivity index (χ1) is 12.6. The minimum atomic E-state index is -0.241. The number of methoxy groups -OCH3 is 2. The summed E-state index contributed by atoms with van der Waals surface area (Å²) in [4.78, 5) is 12.7. The standard InChI is InChI=1S/C19H18ClN3O3/c1-25-13-5-3-12(4-6-13)11-21-19(24)14-7-8-16(26-2)18(20)17(14)15-9-10-22-23-15/h3-10H,11H2,1-2H3,(H,21,24)(H,22,23). The molecule has 0 fully saturated rings. The van der Waals surface area contributed by atoms with Gasteiger partial charge in [-0.15, -0.1) is 0 Å². The minimum Gasteiger partial charge on any atom is -0.497 e. The molecule has 0 aliphatic rings. The van der Waals surface area contributed by atoms with Crippen LogP contribution in [-0.2, 0) is 6.54 Å². The van der Waals surface area contributed by atoms with E-state index in [0.29, 0.717) is 34.1 Å². The van der Waals surface area contributed by atoms with Crippen molar-refractivity contribution in [1.82, 2.24) is 15.5 Å². The second kappa shape index (κ2) is 7.93. The van der Waals surface area contributed by atoms with Gasteiger partial charge in [0.1, 0.15) is 11.5 Å². The van der Waals surface area contributed by atoms with Gasteiger partial charge in [0, 0.05) is 18.3 Å². The van der Waals surface area contributed by atoms with Gasteiger partial charge in [0.15, 0.2) is 0 Å². The van der Waals surface area contributed by atoms with Gasteiger partial charge in [0.25, 0.3) is 5.91 Å². The van der Waals surface area contributed by atoms with Crippen LogP contribution in [0.4, 0.5) is 0 Å². The molecule has 0 aliphatic carbocycles. The number of aromatic nitrogens is 2. The molecule has 0 radical (unpaired) electrons. The highest BCUT2D eigenvalue weighted by Crippen LogP contribution is 2.37. The van der Waals surface area contributed by atoms with E-state index in [4.69, 9.17) is 21.1 Å². The van der Waals surface area contributed by atoms with Gasteiger partial charge in [-0.05, 0) is 35.9 Å². The van der Waals surface area contributed by atoms with Gasteiger partial charge in [0.2, 0.25) is 0 Å². The highest BCUT2D eigenvalue weighted by molar-refractivity contribution is 6.35. The average molecular weight is 372 g/mol. The third-order valence-electron chi connectivity index (χ3n) is 3.95. The van der Waals surface area contributed by atoms with E-state index in [1.54, 1.807) is 31.5 Å². The highest BCUT2D eigenvalue weighted by Gasteiger charge is 2.20. The molecule has 0 atom stereocenters. The fraction of sp³-hybridized carbons (Fsp3) is 0.158. The molecule has 1 aromatic heterocycles. The van der Waals surface area contributed by atoms with Crippen LogP contribution in [0.2, 0.25) is 5.02 Å². The number of aromatic amines is 1. The zero-order valence-electron chi connectivity index (χ0n) is 14.4. The molecule has 1 heterocycles. The SMILES string of the molecule is COc1ccc(CNC(=O)c2ccc(OC)c(Cl)c2-c2ccn[nH]2)cc1. The zero-order valence-corrected chi connectivity index (χ0v) is 15.1. The Morgan fingerprint density at radius 2 is 1.88 bits per heavy atom. The van der Waals surface area contributed by atoms with Crippen LogP contribution in [-0.4, -0.2) is 30.3 Å². The lowest BCUT2D eigenvalue weighted by molar-refractivity contribution is 0.0951. The maximum absolute atomic E-state index is 12.7. The third-order valence-corrected chi connectivity index (χ3v) is 4.33. The van der Waals surface area contributed by atoms with Crippen molar-refractivity contribution >= 4 is 17.5 Å². The van der Waals surface area contributed by atoms with Gasteiger partial charge in [-0.2, -0.15) is 5.10 Å². The van der Waals surface area contributed by atoms with Crippen molar-refractivity contribution in [2.75, 3.05) is 14.2 Å². The van der Waals surface area contributed by atoms with Crippen LogP contribution >= 0.6 is 11.6 Å². The molecule has 0 spiro atoms. The number of amides is 1. The van der Waals surface area contributed by atoms with Crippen LogP contribution in [0.5, 0.6) is 11.5 Å². The molecule has 0 saturated heterocycles. The van der Waals surface area contributed by atoms with Crippen molar-refractivity contribution in [3.63, 3.8) is 0 Å². The van der Waals surface area contributed by atoms with E-state index >= 15 is 0 Å².